The van der Waals surface area contributed by atoms with Crippen molar-refractivity contribution in [2.45, 2.75) is 62.3 Å². The number of hydrogen-bond acceptors (Lipinski definition) is 9. The number of carboxylic acids is 1. The predicted molar refractivity (Wildman–Crippen MR) is 145 cm³/mol. The number of rotatable bonds is 17. The molecule has 0 saturated carbocycles. The molecular weight excluding hydrogens is 557 g/mol. The fourth-order valence-electron chi connectivity index (χ4n) is 3.93. The monoisotopic (exact) mass is 593 g/mol. The van der Waals surface area contributed by atoms with E-state index in [4.69, 9.17) is 4.74 Å². The van der Waals surface area contributed by atoms with Crippen LogP contribution in [0, 0.1) is 0 Å². The molecule has 42 heavy (non-hydrogen) atoms. The van der Waals surface area contributed by atoms with Gasteiger partial charge in [0.15, 0.2) is 6.10 Å². The summed E-state index contributed by atoms with van der Waals surface area (Å²) < 4.78 is 17.9. The Labute approximate surface area is 241 Å². The molecule has 0 heterocycles. The first-order chi connectivity index (χ1) is 20.1. The average molecular weight is 594 g/mol. The molecule has 0 fully saturated rings. The van der Waals surface area contributed by atoms with Crippen LogP contribution < -0.4 is 16.0 Å². The number of aliphatic hydroxyl groups excluding tert-OH is 4. The van der Waals surface area contributed by atoms with E-state index < -0.39 is 80.0 Å². The molecule has 2 aromatic carbocycles. The highest BCUT2D eigenvalue weighted by molar-refractivity contribution is 5.86. The number of carbonyl (C=O) groups excluding carboxylic acids is 3. The van der Waals surface area contributed by atoms with Crippen LogP contribution in [0.15, 0.2) is 60.7 Å². The van der Waals surface area contributed by atoms with E-state index in [-0.39, 0.29) is 19.4 Å². The standard InChI is InChI=1S/C28H36FN3O10/c29-13-7-12-19(32-28(41)42-16-17-8-3-1-4-9-17)26(39)31-21(15-33)23(36)24(37)25(38)27(40)30-20(14-22(34)35)18-10-5-2-6-11-18/h1-6,8-11,19-21,23-25,33,36-38H,7,12-16H2,(H,30,40)(H,31,39)(H,32,41)(H,34,35)/t19-,20-,21-,23+,24+,25-/m0/s1. The predicted octanol–water partition coefficient (Wildman–Crippen LogP) is -0.0769. The Kier molecular flexibility index (Phi) is 14.3. The Morgan fingerprint density at radius 2 is 1.45 bits per heavy atom. The number of alkyl carbamates (subject to hydrolysis) is 1. The normalized spacial score (nSPS) is 15.3. The lowest BCUT2D eigenvalue weighted by Crippen LogP contribution is -2.59. The molecule has 0 radical (unpaired) electrons. The van der Waals surface area contributed by atoms with Crippen molar-refractivity contribution in [3.8, 4) is 0 Å². The van der Waals surface area contributed by atoms with Crippen molar-refractivity contribution < 1.29 is 53.8 Å². The Morgan fingerprint density at radius 1 is 0.833 bits per heavy atom. The van der Waals surface area contributed by atoms with Gasteiger partial charge < -0.3 is 46.2 Å². The van der Waals surface area contributed by atoms with Crippen LogP contribution in [0.2, 0.25) is 0 Å². The van der Waals surface area contributed by atoms with Gasteiger partial charge in [0.25, 0.3) is 5.91 Å². The number of carbonyl (C=O) groups is 4. The summed E-state index contributed by atoms with van der Waals surface area (Å²) in [4.78, 5) is 49.0. The van der Waals surface area contributed by atoms with Crippen LogP contribution in [-0.4, -0.2) is 93.1 Å². The average Bonchev–Trinajstić information content (AvgIpc) is 2.99. The fraction of sp³-hybridized carbons (Fsp3) is 0.429. The van der Waals surface area contributed by atoms with Gasteiger partial charge in [-0.1, -0.05) is 60.7 Å². The molecular formula is C28H36FN3O10. The third-order valence-corrected chi connectivity index (χ3v) is 6.22. The van der Waals surface area contributed by atoms with Gasteiger partial charge in [-0.05, 0) is 24.0 Å². The molecule has 0 spiro atoms. The highest BCUT2D eigenvalue weighted by atomic mass is 19.1. The third-order valence-electron chi connectivity index (χ3n) is 6.22. The number of aliphatic carboxylic acids is 1. The Balaban J connectivity index is 2.02. The summed E-state index contributed by atoms with van der Waals surface area (Å²) in [6.45, 7) is -1.87. The quantitative estimate of drug-likeness (QED) is 0.122. The number of carboxylic acid groups (broad SMARTS) is 1. The largest absolute Gasteiger partial charge is 0.481 e. The maximum atomic E-state index is 12.9. The lowest BCUT2D eigenvalue weighted by atomic mass is 9.98. The van der Waals surface area contributed by atoms with Gasteiger partial charge in [0.05, 0.1) is 31.8 Å². The second kappa shape index (κ2) is 17.6. The summed E-state index contributed by atoms with van der Waals surface area (Å²) in [6, 6.07) is 12.6. The number of hydrogen-bond donors (Lipinski definition) is 8. The van der Waals surface area contributed by atoms with E-state index in [1.807, 2.05) is 0 Å². The Bertz CT molecular complexity index is 1140. The fourth-order valence-corrected chi connectivity index (χ4v) is 3.93. The van der Waals surface area contributed by atoms with Crippen LogP contribution in [0.1, 0.15) is 36.4 Å². The number of nitrogens with one attached hydrogen (secondary N) is 3. The van der Waals surface area contributed by atoms with Gasteiger partial charge in [-0.3, -0.25) is 18.8 Å². The van der Waals surface area contributed by atoms with E-state index in [0.717, 1.165) is 0 Å². The van der Waals surface area contributed by atoms with E-state index in [1.165, 1.54) is 0 Å². The molecule has 2 rings (SSSR count). The van der Waals surface area contributed by atoms with E-state index in [0.29, 0.717) is 11.1 Å². The van der Waals surface area contributed by atoms with Crippen molar-refractivity contribution in [1.29, 1.82) is 0 Å². The first kappa shape index (κ1) is 34.1. The minimum Gasteiger partial charge on any atom is -0.481 e. The molecule has 6 atom stereocenters. The zero-order chi connectivity index (χ0) is 31.1. The summed E-state index contributed by atoms with van der Waals surface area (Å²) in [7, 11) is 0. The molecule has 14 heteroatoms. The van der Waals surface area contributed by atoms with Crippen LogP contribution in [-0.2, 0) is 25.7 Å². The molecule has 230 valence electrons. The van der Waals surface area contributed by atoms with Crippen molar-refractivity contribution in [2.75, 3.05) is 13.3 Å². The third kappa shape index (κ3) is 11.0. The summed E-state index contributed by atoms with van der Waals surface area (Å²) in [5, 5.41) is 57.1. The molecule has 0 bridgehead atoms. The molecule has 0 saturated heterocycles. The van der Waals surface area contributed by atoms with Gasteiger partial charge in [0, 0.05) is 0 Å². The maximum absolute atomic E-state index is 12.9. The van der Waals surface area contributed by atoms with E-state index in [2.05, 4.69) is 16.0 Å². The van der Waals surface area contributed by atoms with E-state index >= 15 is 0 Å². The number of benzene rings is 2. The zero-order valence-corrected chi connectivity index (χ0v) is 22.6. The Hall–Kier alpha value is -4.11. The smallest absolute Gasteiger partial charge is 0.408 e. The van der Waals surface area contributed by atoms with Gasteiger partial charge in [-0.15, -0.1) is 0 Å². The molecule has 3 amide bonds. The number of aliphatic hydroxyl groups is 4. The summed E-state index contributed by atoms with van der Waals surface area (Å²) in [5.74, 6) is -3.43. The molecule has 2 aromatic rings. The second-order valence-electron chi connectivity index (χ2n) is 9.38. The lowest BCUT2D eigenvalue weighted by Gasteiger charge is -2.30. The summed E-state index contributed by atoms with van der Waals surface area (Å²) in [6.07, 6.45) is -8.45. The van der Waals surface area contributed by atoms with Crippen molar-refractivity contribution in [2.24, 2.45) is 0 Å². The van der Waals surface area contributed by atoms with Gasteiger partial charge in [-0.2, -0.15) is 0 Å². The minimum atomic E-state index is -2.29. The van der Waals surface area contributed by atoms with E-state index in [9.17, 15) is 49.1 Å². The molecule has 13 nitrogen and oxygen atoms in total. The van der Waals surface area contributed by atoms with Crippen LogP contribution in [0.5, 0.6) is 0 Å². The number of amides is 3. The summed E-state index contributed by atoms with van der Waals surface area (Å²) >= 11 is 0. The maximum Gasteiger partial charge on any atom is 0.408 e. The number of halogens is 1. The molecule has 0 aliphatic heterocycles. The van der Waals surface area contributed by atoms with Crippen LogP contribution in [0.3, 0.4) is 0 Å². The first-order valence-corrected chi connectivity index (χ1v) is 13.1. The molecule has 8 N–H and O–H groups in total. The molecule has 0 aromatic heterocycles. The molecule has 0 aliphatic rings. The van der Waals surface area contributed by atoms with Crippen molar-refractivity contribution >= 4 is 23.9 Å². The Morgan fingerprint density at radius 3 is 2.02 bits per heavy atom. The van der Waals surface area contributed by atoms with Crippen LogP contribution in [0.4, 0.5) is 9.18 Å². The first-order valence-electron chi connectivity index (χ1n) is 13.1. The molecule has 0 aliphatic carbocycles. The van der Waals surface area contributed by atoms with Crippen LogP contribution >= 0.6 is 0 Å². The van der Waals surface area contributed by atoms with Gasteiger partial charge in [0.1, 0.15) is 24.9 Å². The van der Waals surface area contributed by atoms with Crippen molar-refractivity contribution in [3.05, 3.63) is 71.8 Å². The van der Waals surface area contributed by atoms with Crippen molar-refractivity contribution in [1.82, 2.24) is 16.0 Å². The minimum absolute atomic E-state index is 0.105. The topological polar surface area (TPSA) is 215 Å². The highest BCUT2D eigenvalue weighted by Crippen LogP contribution is 2.17. The van der Waals surface area contributed by atoms with E-state index in [1.54, 1.807) is 60.7 Å². The van der Waals surface area contributed by atoms with Crippen molar-refractivity contribution in [3.63, 3.8) is 0 Å². The highest BCUT2D eigenvalue weighted by Gasteiger charge is 2.37. The molecule has 0 unspecified atom stereocenters. The summed E-state index contributed by atoms with van der Waals surface area (Å²) in [5.41, 5.74) is 1.08. The van der Waals surface area contributed by atoms with Gasteiger partial charge >= 0.3 is 12.1 Å². The lowest BCUT2D eigenvalue weighted by molar-refractivity contribution is -0.145. The van der Waals surface area contributed by atoms with Crippen LogP contribution in [0.25, 0.3) is 0 Å². The number of alkyl halides is 1. The zero-order valence-electron chi connectivity index (χ0n) is 22.6. The number of ether oxygens (including phenoxy) is 1. The van der Waals surface area contributed by atoms with Gasteiger partial charge in [0.2, 0.25) is 5.91 Å². The van der Waals surface area contributed by atoms with Gasteiger partial charge in [-0.25, -0.2) is 4.79 Å². The SMILES string of the molecule is O=C(O)C[C@H](NC(=O)[C@@H](O)[C@H](O)[C@H](O)[C@H](CO)NC(=O)[C@H](CCCF)NC(=O)OCc1ccccc1)c1ccccc1. The second-order valence-corrected chi connectivity index (χ2v) is 9.38.